The number of ketones is 1. The lowest BCUT2D eigenvalue weighted by molar-refractivity contribution is -0.201. The molecular formula is C33H51NO6. The monoisotopic (exact) mass is 557 g/mol. The maximum atomic E-state index is 14.5. The molecule has 224 valence electrons. The van der Waals surface area contributed by atoms with E-state index >= 15 is 0 Å². The zero-order chi connectivity index (χ0) is 29.7. The Balaban J connectivity index is 1.58. The number of hydrogen-bond donors (Lipinski definition) is 4. The number of carboxylic acid groups (broad SMARTS) is 2. The molecular weight excluding hydrogens is 506 g/mol. The van der Waals surface area contributed by atoms with Crippen LogP contribution in [-0.4, -0.2) is 51.7 Å². The highest BCUT2D eigenvalue weighted by molar-refractivity contribution is 5.96. The fourth-order valence-electron chi connectivity index (χ4n) is 11.0. The average molecular weight is 558 g/mol. The van der Waals surface area contributed by atoms with Crippen molar-refractivity contribution in [3.63, 3.8) is 0 Å². The van der Waals surface area contributed by atoms with Crippen molar-refractivity contribution in [2.45, 2.75) is 118 Å². The molecule has 0 amide bonds. The van der Waals surface area contributed by atoms with Gasteiger partial charge in [-0.15, -0.1) is 0 Å². The summed E-state index contributed by atoms with van der Waals surface area (Å²) in [6.45, 7) is 14.9. The van der Waals surface area contributed by atoms with Crippen LogP contribution in [0.25, 0.3) is 0 Å². The SMILES string of the molecule is C[C@@H](O)CN[C@H]1CC[C@@]2(C)[C@@H](CC[C@]3(C)[C@@H]2C(=O)C=C2[C@@H]4C[C@@](C)(C(=O)O)CC[C@]4(C)CC[C@]23C)[C@]1(C)C(=O)O. The highest BCUT2D eigenvalue weighted by Gasteiger charge is 2.71. The van der Waals surface area contributed by atoms with Gasteiger partial charge in [-0.3, -0.25) is 14.4 Å². The van der Waals surface area contributed by atoms with Gasteiger partial charge < -0.3 is 20.6 Å². The number of aliphatic hydroxyl groups is 1. The summed E-state index contributed by atoms with van der Waals surface area (Å²) in [6.07, 6.45) is 8.39. The molecule has 5 aliphatic carbocycles. The van der Waals surface area contributed by atoms with Gasteiger partial charge in [-0.2, -0.15) is 0 Å². The van der Waals surface area contributed by atoms with Crippen LogP contribution in [0.15, 0.2) is 11.6 Å². The van der Waals surface area contributed by atoms with Gasteiger partial charge in [0.05, 0.1) is 16.9 Å². The maximum Gasteiger partial charge on any atom is 0.311 e. The zero-order valence-corrected chi connectivity index (χ0v) is 25.6. The average Bonchev–Trinajstić information content (AvgIpc) is 2.85. The molecule has 7 nitrogen and oxygen atoms in total. The molecule has 11 atom stereocenters. The molecule has 5 rings (SSSR count). The lowest BCUT2D eigenvalue weighted by atomic mass is 9.33. The van der Waals surface area contributed by atoms with Gasteiger partial charge in [0, 0.05) is 18.5 Å². The Morgan fingerprint density at radius 1 is 0.950 bits per heavy atom. The van der Waals surface area contributed by atoms with Crippen molar-refractivity contribution >= 4 is 17.7 Å². The van der Waals surface area contributed by atoms with Crippen LogP contribution in [0.4, 0.5) is 0 Å². The number of allylic oxidation sites excluding steroid dienone is 2. The van der Waals surface area contributed by atoms with Crippen molar-refractivity contribution in [1.29, 1.82) is 0 Å². The molecule has 5 aliphatic rings. The molecule has 0 radical (unpaired) electrons. The molecule has 0 bridgehead atoms. The van der Waals surface area contributed by atoms with Crippen LogP contribution in [0.5, 0.6) is 0 Å². The maximum absolute atomic E-state index is 14.5. The molecule has 0 heterocycles. The Hall–Kier alpha value is -1.73. The van der Waals surface area contributed by atoms with Crippen LogP contribution in [0, 0.1) is 50.2 Å². The van der Waals surface area contributed by atoms with Gasteiger partial charge >= 0.3 is 11.9 Å². The molecule has 0 aromatic rings. The van der Waals surface area contributed by atoms with E-state index in [1.165, 1.54) is 5.57 Å². The Morgan fingerprint density at radius 2 is 1.60 bits per heavy atom. The summed E-state index contributed by atoms with van der Waals surface area (Å²) in [7, 11) is 0. The summed E-state index contributed by atoms with van der Waals surface area (Å²) in [5.74, 6) is -1.82. The van der Waals surface area contributed by atoms with Gasteiger partial charge in [-0.25, -0.2) is 0 Å². The van der Waals surface area contributed by atoms with Crippen LogP contribution in [-0.2, 0) is 14.4 Å². The number of carbonyl (C=O) groups excluding carboxylic acids is 1. The number of rotatable bonds is 5. The minimum absolute atomic E-state index is 0.000334. The Morgan fingerprint density at radius 3 is 2.20 bits per heavy atom. The van der Waals surface area contributed by atoms with E-state index in [4.69, 9.17) is 0 Å². The van der Waals surface area contributed by atoms with Crippen molar-refractivity contribution in [3.8, 4) is 0 Å². The van der Waals surface area contributed by atoms with Crippen molar-refractivity contribution in [1.82, 2.24) is 5.32 Å². The highest BCUT2D eigenvalue weighted by Crippen LogP contribution is 2.75. The third-order valence-corrected chi connectivity index (χ3v) is 13.9. The van der Waals surface area contributed by atoms with E-state index in [1.54, 1.807) is 6.92 Å². The molecule has 0 spiro atoms. The van der Waals surface area contributed by atoms with Crippen molar-refractivity contribution in [3.05, 3.63) is 11.6 Å². The van der Waals surface area contributed by atoms with Gasteiger partial charge in [0.25, 0.3) is 0 Å². The first-order chi connectivity index (χ1) is 18.4. The number of fused-ring (bicyclic) bond motifs is 7. The standard InChI is InChI=1S/C33H51NO6/c1-19(35)18-34-24-9-10-30(4)23(33(24,7)27(39)40)8-11-32(6)25(30)22(36)16-20-21-17-29(3,26(37)38)13-12-28(21,2)14-15-31(20,32)5/h16,19,21,23-25,34-35H,8-15,17-18H2,1-7H3,(H,37,38)(H,39,40)/t19-,21+,23-,24+,25-,28-,29+,30+,31-,32-,33+/m1/s1. The van der Waals surface area contributed by atoms with Crippen LogP contribution in [0.2, 0.25) is 0 Å². The van der Waals surface area contributed by atoms with Crippen molar-refractivity contribution in [2.24, 2.45) is 50.2 Å². The molecule has 40 heavy (non-hydrogen) atoms. The Kier molecular flexibility index (Phi) is 6.79. The molecule has 0 aromatic heterocycles. The largest absolute Gasteiger partial charge is 0.481 e. The van der Waals surface area contributed by atoms with E-state index < -0.39 is 34.3 Å². The molecule has 4 saturated carbocycles. The summed E-state index contributed by atoms with van der Waals surface area (Å²) in [5.41, 5.74) is -1.68. The van der Waals surface area contributed by atoms with Crippen LogP contribution in [0.3, 0.4) is 0 Å². The first-order valence-corrected chi connectivity index (χ1v) is 15.5. The minimum atomic E-state index is -1.05. The van der Waals surface area contributed by atoms with E-state index in [-0.39, 0.29) is 45.8 Å². The summed E-state index contributed by atoms with van der Waals surface area (Å²) in [4.78, 5) is 39.8. The zero-order valence-electron chi connectivity index (χ0n) is 25.6. The topological polar surface area (TPSA) is 124 Å². The quantitative estimate of drug-likeness (QED) is 0.354. The Labute approximate surface area is 239 Å². The summed E-state index contributed by atoms with van der Waals surface area (Å²) in [5, 5.41) is 34.0. The Bertz CT molecular complexity index is 1150. The minimum Gasteiger partial charge on any atom is -0.481 e. The summed E-state index contributed by atoms with van der Waals surface area (Å²) >= 11 is 0. The van der Waals surface area contributed by atoms with E-state index in [0.29, 0.717) is 25.8 Å². The third-order valence-electron chi connectivity index (χ3n) is 13.9. The molecule has 0 aromatic carbocycles. The van der Waals surface area contributed by atoms with Gasteiger partial charge in [0.15, 0.2) is 5.78 Å². The summed E-state index contributed by atoms with van der Waals surface area (Å²) in [6, 6.07) is -0.270. The molecule has 4 fully saturated rings. The van der Waals surface area contributed by atoms with Crippen molar-refractivity contribution in [2.75, 3.05) is 6.54 Å². The summed E-state index contributed by atoms with van der Waals surface area (Å²) < 4.78 is 0. The number of aliphatic carboxylic acids is 2. The fraction of sp³-hybridized carbons (Fsp3) is 0.848. The third kappa shape index (κ3) is 3.78. The highest BCUT2D eigenvalue weighted by atomic mass is 16.4. The molecule has 0 aliphatic heterocycles. The molecule has 0 saturated heterocycles. The first kappa shape index (κ1) is 29.8. The number of carboxylic acids is 2. The van der Waals surface area contributed by atoms with Crippen LogP contribution in [0.1, 0.15) is 106 Å². The lowest BCUT2D eigenvalue weighted by Crippen LogP contribution is -2.69. The van der Waals surface area contributed by atoms with E-state index in [9.17, 15) is 29.7 Å². The fourth-order valence-corrected chi connectivity index (χ4v) is 11.0. The number of carbonyl (C=O) groups is 3. The van der Waals surface area contributed by atoms with Gasteiger partial charge in [-0.05, 0) is 118 Å². The lowest BCUT2D eigenvalue weighted by Gasteiger charge is -2.70. The number of nitrogens with one attached hydrogen (secondary N) is 1. The molecule has 0 unspecified atom stereocenters. The van der Waals surface area contributed by atoms with Crippen LogP contribution >= 0.6 is 0 Å². The predicted octanol–water partition coefficient (Wildman–Crippen LogP) is 5.46. The van der Waals surface area contributed by atoms with Gasteiger partial charge in [-0.1, -0.05) is 33.3 Å². The second kappa shape index (κ2) is 9.13. The van der Waals surface area contributed by atoms with E-state index in [2.05, 4.69) is 33.0 Å². The van der Waals surface area contributed by atoms with Gasteiger partial charge in [0.1, 0.15) is 0 Å². The predicted molar refractivity (Wildman–Crippen MR) is 152 cm³/mol. The molecule has 7 heteroatoms. The second-order valence-electron chi connectivity index (χ2n) is 16.0. The second-order valence-corrected chi connectivity index (χ2v) is 16.0. The normalized spacial score (nSPS) is 50.9. The van der Waals surface area contributed by atoms with Gasteiger partial charge in [0.2, 0.25) is 0 Å². The number of aliphatic hydroxyl groups excluding tert-OH is 1. The number of hydrogen-bond acceptors (Lipinski definition) is 5. The van der Waals surface area contributed by atoms with E-state index in [0.717, 1.165) is 38.5 Å². The van der Waals surface area contributed by atoms with E-state index in [1.807, 2.05) is 19.9 Å². The molecule has 4 N–H and O–H groups in total. The first-order valence-electron chi connectivity index (χ1n) is 15.5. The smallest absolute Gasteiger partial charge is 0.311 e. The van der Waals surface area contributed by atoms with Crippen molar-refractivity contribution < 1.29 is 29.7 Å². The van der Waals surface area contributed by atoms with Crippen LogP contribution < -0.4 is 5.32 Å².